The molecule has 0 aliphatic carbocycles. The van der Waals surface area contributed by atoms with Crippen molar-refractivity contribution < 1.29 is 4.39 Å². The third-order valence-electron chi connectivity index (χ3n) is 2.79. The lowest BCUT2D eigenvalue weighted by Crippen LogP contribution is -2.02. The Balaban J connectivity index is 2.17. The Hall–Kier alpha value is -0.980. The summed E-state index contributed by atoms with van der Waals surface area (Å²) >= 11 is 10.6. The van der Waals surface area contributed by atoms with Gasteiger partial charge in [-0.1, -0.05) is 0 Å². The maximum absolute atomic E-state index is 13.7. The highest BCUT2D eigenvalue weighted by molar-refractivity contribution is 9.10. The summed E-state index contributed by atoms with van der Waals surface area (Å²) in [6.45, 7) is 0.601. The van der Waals surface area contributed by atoms with Gasteiger partial charge in [-0.2, -0.15) is 0 Å². The predicted molar refractivity (Wildman–Crippen MR) is 78.2 cm³/mol. The van der Waals surface area contributed by atoms with Crippen LogP contribution in [0.4, 0.5) is 4.39 Å². The van der Waals surface area contributed by atoms with Crippen LogP contribution in [0.15, 0.2) is 28.3 Å². The number of rotatable bonds is 3. The van der Waals surface area contributed by atoms with E-state index in [4.69, 9.17) is 11.6 Å². The molecule has 0 amide bonds. The number of aromatic nitrogens is 3. The van der Waals surface area contributed by atoms with Gasteiger partial charge in [0.15, 0.2) is 0 Å². The number of hydrogen-bond donors (Lipinski definition) is 0. The number of imidazole rings is 1. The summed E-state index contributed by atoms with van der Waals surface area (Å²) in [6.07, 6.45) is 1.80. The van der Waals surface area contributed by atoms with Crippen LogP contribution in [0.1, 0.15) is 10.7 Å². The Labute approximate surface area is 126 Å². The number of alkyl halides is 1. The van der Waals surface area contributed by atoms with Gasteiger partial charge in [-0.3, -0.25) is 4.98 Å². The minimum Gasteiger partial charge on any atom is -0.322 e. The van der Waals surface area contributed by atoms with Crippen LogP contribution in [0.2, 0.25) is 0 Å². The zero-order chi connectivity index (χ0) is 13.4. The van der Waals surface area contributed by atoms with Crippen LogP contribution in [0.25, 0.3) is 11.0 Å². The molecule has 0 bridgehead atoms. The Morgan fingerprint density at radius 3 is 2.95 bits per heavy atom. The van der Waals surface area contributed by atoms with Gasteiger partial charge in [-0.25, -0.2) is 9.37 Å². The highest BCUT2D eigenvalue weighted by atomic mass is 79.9. The second-order valence-corrected chi connectivity index (χ2v) is 6.06. The standard InChI is InChI=1S/C12H8BrClFN3S/c13-8-1-10-11(2-9(8)15)18(12(3-14)17-10)5-7-4-16-6-19-7/h1-2,4,6H,3,5H2. The largest absolute Gasteiger partial charge is 0.322 e. The molecule has 0 spiro atoms. The summed E-state index contributed by atoms with van der Waals surface area (Å²) in [5.41, 5.74) is 3.24. The summed E-state index contributed by atoms with van der Waals surface area (Å²) in [4.78, 5) is 9.55. The van der Waals surface area contributed by atoms with Crippen LogP contribution in [0.5, 0.6) is 0 Å². The van der Waals surface area contributed by atoms with E-state index < -0.39 is 0 Å². The smallest absolute Gasteiger partial charge is 0.139 e. The molecule has 1 aromatic carbocycles. The van der Waals surface area contributed by atoms with Gasteiger partial charge in [-0.05, 0) is 22.0 Å². The molecule has 19 heavy (non-hydrogen) atoms. The van der Waals surface area contributed by atoms with Crippen molar-refractivity contribution in [1.29, 1.82) is 0 Å². The number of halogens is 3. The Kier molecular flexibility index (Phi) is 3.56. The topological polar surface area (TPSA) is 30.7 Å². The van der Waals surface area contributed by atoms with Gasteiger partial charge in [0, 0.05) is 17.1 Å². The van der Waals surface area contributed by atoms with Crippen molar-refractivity contribution in [3.63, 3.8) is 0 Å². The minimum atomic E-state index is -0.306. The molecule has 2 aromatic heterocycles. The van der Waals surface area contributed by atoms with E-state index in [1.54, 1.807) is 29.1 Å². The van der Waals surface area contributed by atoms with Crippen LogP contribution in [-0.4, -0.2) is 14.5 Å². The first-order valence-electron chi connectivity index (χ1n) is 5.46. The summed E-state index contributed by atoms with van der Waals surface area (Å²) in [5, 5.41) is 0. The lowest BCUT2D eigenvalue weighted by Gasteiger charge is -2.05. The zero-order valence-corrected chi connectivity index (χ0v) is 12.8. The zero-order valence-electron chi connectivity index (χ0n) is 9.61. The minimum absolute atomic E-state index is 0.284. The number of hydrogen-bond acceptors (Lipinski definition) is 3. The summed E-state index contributed by atoms with van der Waals surface area (Å²) in [6, 6.07) is 3.15. The van der Waals surface area contributed by atoms with E-state index >= 15 is 0 Å². The monoisotopic (exact) mass is 359 g/mol. The summed E-state index contributed by atoms with van der Waals surface area (Å²) in [5.74, 6) is 0.703. The van der Waals surface area contributed by atoms with Crippen molar-refractivity contribution in [1.82, 2.24) is 14.5 Å². The number of benzene rings is 1. The molecule has 0 saturated heterocycles. The lowest BCUT2D eigenvalue weighted by atomic mass is 10.3. The van der Waals surface area contributed by atoms with E-state index in [1.807, 2.05) is 4.57 Å². The van der Waals surface area contributed by atoms with E-state index in [0.717, 1.165) is 21.7 Å². The fraction of sp³-hybridized carbons (Fsp3) is 0.167. The Morgan fingerprint density at radius 1 is 1.42 bits per heavy atom. The molecule has 3 rings (SSSR count). The van der Waals surface area contributed by atoms with Crippen LogP contribution >= 0.6 is 38.9 Å². The van der Waals surface area contributed by atoms with Crippen molar-refractivity contribution in [2.45, 2.75) is 12.4 Å². The summed E-state index contributed by atoms with van der Waals surface area (Å²) < 4.78 is 16.0. The molecule has 0 atom stereocenters. The van der Waals surface area contributed by atoms with Gasteiger partial charge in [0.2, 0.25) is 0 Å². The maximum Gasteiger partial charge on any atom is 0.139 e. The fourth-order valence-corrected chi connectivity index (χ4v) is 3.04. The molecule has 3 nitrogen and oxygen atoms in total. The average molecular weight is 361 g/mol. The molecule has 3 aromatic rings. The molecule has 2 heterocycles. The molecular formula is C12H8BrClFN3S. The van der Waals surface area contributed by atoms with E-state index in [1.165, 1.54) is 6.07 Å². The van der Waals surface area contributed by atoms with Gasteiger partial charge < -0.3 is 4.57 Å². The van der Waals surface area contributed by atoms with E-state index in [-0.39, 0.29) is 11.7 Å². The van der Waals surface area contributed by atoms with Gasteiger partial charge in [-0.15, -0.1) is 22.9 Å². The quantitative estimate of drug-likeness (QED) is 0.656. The first kappa shape index (κ1) is 13.0. The van der Waals surface area contributed by atoms with Crippen LogP contribution in [0, 0.1) is 5.82 Å². The third-order valence-corrected chi connectivity index (χ3v) is 4.40. The number of thiazole rings is 1. The van der Waals surface area contributed by atoms with Crippen LogP contribution in [0.3, 0.4) is 0 Å². The molecule has 0 aliphatic rings. The normalized spacial score (nSPS) is 11.3. The summed E-state index contributed by atoms with van der Waals surface area (Å²) in [7, 11) is 0. The second kappa shape index (κ2) is 5.19. The molecule has 7 heteroatoms. The van der Waals surface area contributed by atoms with E-state index in [9.17, 15) is 4.39 Å². The molecule has 0 saturated carbocycles. The van der Waals surface area contributed by atoms with Crippen molar-refractivity contribution in [2.24, 2.45) is 0 Å². The van der Waals surface area contributed by atoms with Crippen LogP contribution in [-0.2, 0) is 12.4 Å². The highest BCUT2D eigenvalue weighted by Crippen LogP contribution is 2.26. The molecular weight excluding hydrogens is 353 g/mol. The second-order valence-electron chi connectivity index (χ2n) is 3.97. The number of fused-ring (bicyclic) bond motifs is 1. The first-order valence-corrected chi connectivity index (χ1v) is 7.67. The third kappa shape index (κ3) is 2.40. The molecule has 0 N–H and O–H groups in total. The Bertz CT molecular complexity index is 726. The van der Waals surface area contributed by atoms with E-state index in [2.05, 4.69) is 25.9 Å². The van der Waals surface area contributed by atoms with Crippen molar-refractivity contribution in [2.75, 3.05) is 0 Å². The SMILES string of the molecule is Fc1cc2c(cc1Br)nc(CCl)n2Cc1cncs1. The maximum atomic E-state index is 13.7. The van der Waals surface area contributed by atoms with Gasteiger partial charge in [0.1, 0.15) is 11.6 Å². The number of nitrogens with zero attached hydrogens (tertiary/aromatic N) is 3. The highest BCUT2D eigenvalue weighted by Gasteiger charge is 2.13. The average Bonchev–Trinajstić information content (AvgIpc) is 3.00. The van der Waals surface area contributed by atoms with Gasteiger partial charge in [0.05, 0.1) is 33.4 Å². The van der Waals surface area contributed by atoms with Crippen molar-refractivity contribution in [3.8, 4) is 0 Å². The Morgan fingerprint density at radius 2 is 2.26 bits per heavy atom. The molecule has 0 unspecified atom stereocenters. The molecule has 98 valence electrons. The van der Waals surface area contributed by atoms with Gasteiger partial charge in [0.25, 0.3) is 0 Å². The molecule has 0 fully saturated rings. The lowest BCUT2D eigenvalue weighted by molar-refractivity contribution is 0.621. The molecule has 0 aliphatic heterocycles. The van der Waals surface area contributed by atoms with Crippen molar-refractivity contribution in [3.05, 3.63) is 44.8 Å². The van der Waals surface area contributed by atoms with E-state index in [0.29, 0.717) is 11.0 Å². The first-order chi connectivity index (χ1) is 9.19. The fourth-order valence-electron chi connectivity index (χ4n) is 1.92. The van der Waals surface area contributed by atoms with Crippen LogP contribution < -0.4 is 0 Å². The van der Waals surface area contributed by atoms with Gasteiger partial charge >= 0.3 is 0 Å². The predicted octanol–water partition coefficient (Wildman–Crippen LogP) is 4.18. The molecule has 0 radical (unpaired) electrons. The van der Waals surface area contributed by atoms with Crippen molar-refractivity contribution >= 4 is 49.9 Å².